The summed E-state index contributed by atoms with van der Waals surface area (Å²) in [6.07, 6.45) is 8.37. The lowest BCUT2D eigenvalue weighted by Crippen LogP contribution is -2.18. The fraction of sp³-hybridized carbons (Fsp3) is 0.471. The van der Waals surface area contributed by atoms with Crippen LogP contribution in [0.15, 0.2) is 30.5 Å². The minimum absolute atomic E-state index is 0.587. The van der Waals surface area contributed by atoms with Crippen LogP contribution < -0.4 is 5.32 Å². The lowest BCUT2D eigenvalue weighted by Gasteiger charge is -2.16. The summed E-state index contributed by atoms with van der Waals surface area (Å²) in [6, 6.07) is 9.17. The molecule has 0 bridgehead atoms. The quantitative estimate of drug-likeness (QED) is 0.905. The maximum Gasteiger partial charge on any atom is 0.207 e. The predicted octanol–water partition coefficient (Wildman–Crippen LogP) is 4.10. The third kappa shape index (κ3) is 2.58. The molecule has 0 spiro atoms. The molecule has 0 radical (unpaired) electrons. The molecule has 0 saturated heterocycles. The van der Waals surface area contributed by atoms with Gasteiger partial charge >= 0.3 is 0 Å². The van der Waals surface area contributed by atoms with E-state index in [1.54, 1.807) is 0 Å². The van der Waals surface area contributed by atoms with E-state index in [1.165, 1.54) is 36.9 Å². The molecule has 0 atom stereocenters. The number of benzene rings is 1. The summed E-state index contributed by atoms with van der Waals surface area (Å²) in [6.45, 7) is 4.26. The van der Waals surface area contributed by atoms with E-state index in [9.17, 15) is 0 Å². The lowest BCUT2D eigenvalue weighted by atomic mass is 10.1. The van der Waals surface area contributed by atoms with Crippen molar-refractivity contribution in [3.05, 3.63) is 41.7 Å². The summed E-state index contributed by atoms with van der Waals surface area (Å²) < 4.78 is 2.21. The van der Waals surface area contributed by atoms with Crippen molar-refractivity contribution in [3.8, 4) is 5.69 Å². The van der Waals surface area contributed by atoms with E-state index in [1.807, 2.05) is 0 Å². The summed E-state index contributed by atoms with van der Waals surface area (Å²) in [5, 5.41) is 3.63. The van der Waals surface area contributed by atoms with Gasteiger partial charge in [0.25, 0.3) is 0 Å². The van der Waals surface area contributed by atoms with Gasteiger partial charge in [-0.3, -0.25) is 4.57 Å². The van der Waals surface area contributed by atoms with Gasteiger partial charge in [0.1, 0.15) is 0 Å². The fourth-order valence-corrected chi connectivity index (χ4v) is 3.08. The highest BCUT2D eigenvalue weighted by molar-refractivity contribution is 5.48. The van der Waals surface area contributed by atoms with Gasteiger partial charge in [-0.15, -0.1) is 0 Å². The third-order valence-electron chi connectivity index (χ3n) is 4.15. The second kappa shape index (κ2) is 5.70. The Balaban J connectivity index is 1.96. The highest BCUT2D eigenvalue weighted by Gasteiger charge is 2.18. The van der Waals surface area contributed by atoms with Crippen molar-refractivity contribution in [1.29, 1.82) is 0 Å². The Labute approximate surface area is 121 Å². The molecular weight excluding hydrogens is 246 g/mol. The molecule has 1 N–H and O–H groups in total. The van der Waals surface area contributed by atoms with E-state index in [-0.39, 0.29) is 0 Å². The average molecular weight is 269 g/mol. The topological polar surface area (TPSA) is 29.9 Å². The Kier molecular flexibility index (Phi) is 3.77. The van der Waals surface area contributed by atoms with E-state index >= 15 is 0 Å². The Morgan fingerprint density at radius 2 is 2.00 bits per heavy atom. The van der Waals surface area contributed by atoms with Gasteiger partial charge < -0.3 is 5.32 Å². The van der Waals surface area contributed by atoms with E-state index in [2.05, 4.69) is 59.2 Å². The molecule has 1 heterocycles. The second-order valence-corrected chi connectivity index (χ2v) is 5.68. The van der Waals surface area contributed by atoms with E-state index < -0.39 is 0 Å². The number of para-hydroxylation sites is 1. The Bertz CT molecular complexity index is 580. The van der Waals surface area contributed by atoms with Crippen molar-refractivity contribution >= 4 is 5.95 Å². The molecule has 1 aliphatic rings. The van der Waals surface area contributed by atoms with Gasteiger partial charge in [0.2, 0.25) is 5.95 Å². The zero-order chi connectivity index (χ0) is 13.9. The van der Waals surface area contributed by atoms with Crippen LogP contribution in [0.5, 0.6) is 0 Å². The third-order valence-corrected chi connectivity index (χ3v) is 4.15. The van der Waals surface area contributed by atoms with Gasteiger partial charge in [-0.25, -0.2) is 4.98 Å². The van der Waals surface area contributed by atoms with E-state index in [0.29, 0.717) is 6.04 Å². The molecule has 106 valence electrons. The summed E-state index contributed by atoms with van der Waals surface area (Å²) >= 11 is 0. The van der Waals surface area contributed by atoms with Crippen molar-refractivity contribution in [1.82, 2.24) is 9.55 Å². The first-order valence-corrected chi connectivity index (χ1v) is 7.68. The maximum absolute atomic E-state index is 4.68. The van der Waals surface area contributed by atoms with Gasteiger partial charge in [-0.2, -0.15) is 0 Å². The number of imidazole rings is 1. The molecule has 1 aromatic carbocycles. The van der Waals surface area contributed by atoms with Gasteiger partial charge in [0.15, 0.2) is 0 Å². The van der Waals surface area contributed by atoms with Gasteiger partial charge in [-0.1, -0.05) is 38.0 Å². The minimum atomic E-state index is 0.587. The highest BCUT2D eigenvalue weighted by atomic mass is 15.2. The van der Waals surface area contributed by atoms with Crippen LogP contribution in [0.3, 0.4) is 0 Å². The Hall–Kier alpha value is -1.77. The summed E-state index contributed by atoms with van der Waals surface area (Å²) in [4.78, 5) is 4.68. The van der Waals surface area contributed by atoms with Crippen molar-refractivity contribution < 1.29 is 0 Å². The van der Waals surface area contributed by atoms with Gasteiger partial charge in [0.05, 0.1) is 11.4 Å². The number of hydrogen-bond donors (Lipinski definition) is 1. The zero-order valence-electron chi connectivity index (χ0n) is 12.4. The first-order chi connectivity index (χ1) is 9.78. The van der Waals surface area contributed by atoms with Crippen LogP contribution >= 0.6 is 0 Å². The van der Waals surface area contributed by atoms with Crippen LogP contribution in [-0.2, 0) is 6.42 Å². The van der Waals surface area contributed by atoms with Crippen LogP contribution in [0.1, 0.15) is 43.9 Å². The standard InChI is InChI=1S/C17H23N3/c1-3-14-8-4-7-11-16(14)20-12-13(2)18-17(20)19-15-9-5-6-10-15/h4,7-8,11-12,15H,3,5-6,9-10H2,1-2H3,(H,18,19). The fourth-order valence-electron chi connectivity index (χ4n) is 3.08. The number of hydrogen-bond acceptors (Lipinski definition) is 2. The van der Waals surface area contributed by atoms with Crippen LogP contribution in [0.25, 0.3) is 5.69 Å². The first kappa shape index (κ1) is 13.2. The molecule has 20 heavy (non-hydrogen) atoms. The number of rotatable bonds is 4. The number of nitrogens with one attached hydrogen (secondary N) is 1. The number of anilines is 1. The molecule has 3 heteroatoms. The largest absolute Gasteiger partial charge is 0.353 e. The van der Waals surface area contributed by atoms with Crippen molar-refractivity contribution in [2.24, 2.45) is 0 Å². The van der Waals surface area contributed by atoms with E-state index in [4.69, 9.17) is 0 Å². The predicted molar refractivity (Wildman–Crippen MR) is 83.6 cm³/mol. The molecule has 1 aromatic heterocycles. The molecule has 3 rings (SSSR count). The smallest absolute Gasteiger partial charge is 0.207 e. The summed E-state index contributed by atoms with van der Waals surface area (Å²) in [5.41, 5.74) is 3.67. The van der Waals surface area contributed by atoms with Gasteiger partial charge in [0, 0.05) is 12.2 Å². The Morgan fingerprint density at radius 3 is 2.75 bits per heavy atom. The average Bonchev–Trinajstić information content (AvgIpc) is 3.09. The minimum Gasteiger partial charge on any atom is -0.353 e. The van der Waals surface area contributed by atoms with Crippen LogP contribution in [-0.4, -0.2) is 15.6 Å². The molecule has 0 amide bonds. The number of aryl methyl sites for hydroxylation is 2. The van der Waals surface area contributed by atoms with Crippen molar-refractivity contribution in [2.45, 2.75) is 52.0 Å². The van der Waals surface area contributed by atoms with Gasteiger partial charge in [-0.05, 0) is 37.8 Å². The second-order valence-electron chi connectivity index (χ2n) is 5.68. The molecule has 0 aliphatic heterocycles. The van der Waals surface area contributed by atoms with Crippen molar-refractivity contribution in [2.75, 3.05) is 5.32 Å². The Morgan fingerprint density at radius 1 is 1.25 bits per heavy atom. The first-order valence-electron chi connectivity index (χ1n) is 7.68. The van der Waals surface area contributed by atoms with Crippen molar-refractivity contribution in [3.63, 3.8) is 0 Å². The molecule has 1 fully saturated rings. The molecule has 3 nitrogen and oxygen atoms in total. The monoisotopic (exact) mass is 269 g/mol. The van der Waals surface area contributed by atoms with Crippen LogP contribution in [0, 0.1) is 6.92 Å². The normalized spacial score (nSPS) is 15.7. The molecule has 0 unspecified atom stereocenters. The van der Waals surface area contributed by atoms with Crippen LogP contribution in [0.2, 0.25) is 0 Å². The van der Waals surface area contributed by atoms with Crippen LogP contribution in [0.4, 0.5) is 5.95 Å². The maximum atomic E-state index is 4.68. The lowest BCUT2D eigenvalue weighted by molar-refractivity contribution is 0.740. The number of nitrogens with zero attached hydrogens (tertiary/aromatic N) is 2. The molecule has 1 aliphatic carbocycles. The molecule has 1 saturated carbocycles. The number of aromatic nitrogens is 2. The SMILES string of the molecule is CCc1ccccc1-n1cc(C)nc1NC1CCCC1. The summed E-state index contributed by atoms with van der Waals surface area (Å²) in [5.74, 6) is 0.996. The summed E-state index contributed by atoms with van der Waals surface area (Å²) in [7, 11) is 0. The highest BCUT2D eigenvalue weighted by Crippen LogP contribution is 2.25. The van der Waals surface area contributed by atoms with E-state index in [0.717, 1.165) is 18.1 Å². The zero-order valence-corrected chi connectivity index (χ0v) is 12.4. The molecule has 2 aromatic rings. The molecular formula is C17H23N3.